The van der Waals surface area contributed by atoms with E-state index >= 15 is 0 Å². The van der Waals surface area contributed by atoms with Gasteiger partial charge in [-0.15, -0.1) is 12.4 Å². The molecule has 2 heterocycles. The molecule has 4 nitrogen and oxygen atoms in total. The molecule has 0 spiro atoms. The zero-order valence-corrected chi connectivity index (χ0v) is 15.0. The Balaban J connectivity index is 0.00000208. The first-order valence-electron chi connectivity index (χ1n) is 8.92. The van der Waals surface area contributed by atoms with Crippen LogP contribution < -0.4 is 5.73 Å². The molecule has 3 atom stereocenters. The van der Waals surface area contributed by atoms with Crippen LogP contribution in [0.4, 0.5) is 0 Å². The fraction of sp³-hybridized carbons (Fsp3) is 0.632. The maximum Gasteiger partial charge on any atom is 0.222 e. The van der Waals surface area contributed by atoms with Crippen molar-refractivity contribution < 1.29 is 9.53 Å². The van der Waals surface area contributed by atoms with Gasteiger partial charge in [0.05, 0.1) is 6.10 Å². The number of hydrogen-bond donors (Lipinski definition) is 1. The van der Waals surface area contributed by atoms with Crippen LogP contribution in [0.1, 0.15) is 43.6 Å². The number of carbonyl (C=O) groups is 1. The molecular weight excluding hydrogens is 324 g/mol. The van der Waals surface area contributed by atoms with E-state index in [-0.39, 0.29) is 24.4 Å². The summed E-state index contributed by atoms with van der Waals surface area (Å²) in [7, 11) is 0. The Hall–Kier alpha value is -1.10. The molecule has 1 amide bonds. The number of amides is 1. The summed E-state index contributed by atoms with van der Waals surface area (Å²) in [6.07, 6.45) is 5.24. The first kappa shape index (κ1) is 19.2. The Bertz CT molecular complexity index is 505. The molecule has 2 saturated heterocycles. The van der Waals surface area contributed by atoms with Gasteiger partial charge in [0, 0.05) is 32.0 Å². The summed E-state index contributed by atoms with van der Waals surface area (Å²) in [4.78, 5) is 14.6. The van der Waals surface area contributed by atoms with E-state index < -0.39 is 0 Å². The van der Waals surface area contributed by atoms with Gasteiger partial charge in [-0.2, -0.15) is 0 Å². The largest absolute Gasteiger partial charge is 0.378 e. The number of nitrogens with two attached hydrogens (primary N) is 1. The molecule has 3 rings (SSSR count). The third-order valence-electron chi connectivity index (χ3n) is 5.28. The topological polar surface area (TPSA) is 55.6 Å². The molecule has 2 fully saturated rings. The predicted molar refractivity (Wildman–Crippen MR) is 98.4 cm³/mol. The van der Waals surface area contributed by atoms with Crippen molar-refractivity contribution in [3.05, 3.63) is 35.9 Å². The maximum absolute atomic E-state index is 12.6. The number of carbonyl (C=O) groups excluding carboxylic acids is 1. The minimum absolute atomic E-state index is 0. The summed E-state index contributed by atoms with van der Waals surface area (Å²) < 4.78 is 5.73. The van der Waals surface area contributed by atoms with Gasteiger partial charge >= 0.3 is 0 Å². The lowest BCUT2D eigenvalue weighted by atomic mass is 9.89. The number of benzene rings is 1. The van der Waals surface area contributed by atoms with Crippen molar-refractivity contribution in [3.8, 4) is 0 Å². The van der Waals surface area contributed by atoms with Gasteiger partial charge in [-0.3, -0.25) is 4.79 Å². The highest BCUT2D eigenvalue weighted by molar-refractivity contribution is 5.85. The van der Waals surface area contributed by atoms with Crippen LogP contribution in [0, 0.1) is 5.92 Å². The molecule has 134 valence electrons. The summed E-state index contributed by atoms with van der Waals surface area (Å²) in [5.41, 5.74) is 7.26. The van der Waals surface area contributed by atoms with E-state index in [0.29, 0.717) is 24.8 Å². The monoisotopic (exact) mass is 352 g/mol. The van der Waals surface area contributed by atoms with Gasteiger partial charge in [-0.05, 0) is 43.7 Å². The standard InChI is InChI=1S/C19H28N2O2.ClH/c20-12-16-13-21(14-18(16)15-6-2-1-3-7-15)19(22)10-9-17-8-4-5-11-23-17;/h1-3,6-7,16-18H,4-5,8-14,20H2;1H/t16-,17?,18+;/m1./s1. The van der Waals surface area contributed by atoms with Crippen molar-refractivity contribution in [2.45, 2.75) is 44.1 Å². The molecule has 5 heteroatoms. The molecule has 24 heavy (non-hydrogen) atoms. The summed E-state index contributed by atoms with van der Waals surface area (Å²) in [6.45, 7) is 3.08. The van der Waals surface area contributed by atoms with E-state index in [2.05, 4.69) is 24.3 Å². The van der Waals surface area contributed by atoms with Crippen LogP contribution in [0.15, 0.2) is 30.3 Å². The zero-order valence-electron chi connectivity index (χ0n) is 14.2. The summed E-state index contributed by atoms with van der Waals surface area (Å²) in [5, 5.41) is 0. The van der Waals surface area contributed by atoms with Gasteiger partial charge in [0.1, 0.15) is 0 Å². The van der Waals surface area contributed by atoms with Crippen LogP contribution in [-0.2, 0) is 9.53 Å². The van der Waals surface area contributed by atoms with Crippen LogP contribution in [-0.4, -0.2) is 43.2 Å². The van der Waals surface area contributed by atoms with E-state index in [0.717, 1.165) is 39.0 Å². The minimum atomic E-state index is 0. The van der Waals surface area contributed by atoms with E-state index in [1.807, 2.05) is 11.0 Å². The highest BCUT2D eigenvalue weighted by Gasteiger charge is 2.35. The van der Waals surface area contributed by atoms with Gasteiger partial charge < -0.3 is 15.4 Å². The molecule has 1 aromatic carbocycles. The van der Waals surface area contributed by atoms with E-state index in [9.17, 15) is 4.79 Å². The average molecular weight is 353 g/mol. The van der Waals surface area contributed by atoms with Gasteiger partial charge in [0.25, 0.3) is 0 Å². The van der Waals surface area contributed by atoms with Gasteiger partial charge in [0.15, 0.2) is 0 Å². The van der Waals surface area contributed by atoms with Crippen molar-refractivity contribution in [1.82, 2.24) is 4.90 Å². The van der Waals surface area contributed by atoms with Crippen molar-refractivity contribution >= 4 is 18.3 Å². The second-order valence-electron chi connectivity index (χ2n) is 6.84. The number of likely N-dealkylation sites (tertiary alicyclic amines) is 1. The molecule has 0 aliphatic carbocycles. The van der Waals surface area contributed by atoms with Crippen LogP contribution in [0.3, 0.4) is 0 Å². The van der Waals surface area contributed by atoms with Crippen molar-refractivity contribution in [3.63, 3.8) is 0 Å². The molecule has 0 bridgehead atoms. The number of rotatable bonds is 5. The van der Waals surface area contributed by atoms with Gasteiger partial charge in [-0.1, -0.05) is 30.3 Å². The molecule has 0 radical (unpaired) electrons. The second kappa shape index (κ2) is 9.40. The minimum Gasteiger partial charge on any atom is -0.378 e. The van der Waals surface area contributed by atoms with Crippen LogP contribution in [0.5, 0.6) is 0 Å². The lowest BCUT2D eigenvalue weighted by Crippen LogP contribution is -2.31. The zero-order chi connectivity index (χ0) is 16.1. The lowest BCUT2D eigenvalue weighted by Gasteiger charge is -2.23. The third kappa shape index (κ3) is 4.71. The SMILES string of the molecule is Cl.NC[C@@H]1CN(C(=O)CCC2CCCCO2)C[C@H]1c1ccccc1. The quantitative estimate of drug-likeness (QED) is 0.886. The number of halogens is 1. The Morgan fingerprint density at radius 3 is 2.67 bits per heavy atom. The molecule has 2 N–H and O–H groups in total. The Morgan fingerprint density at radius 2 is 2.00 bits per heavy atom. The first-order valence-corrected chi connectivity index (χ1v) is 8.92. The smallest absolute Gasteiger partial charge is 0.222 e. The summed E-state index contributed by atoms with van der Waals surface area (Å²) >= 11 is 0. The fourth-order valence-electron chi connectivity index (χ4n) is 3.87. The van der Waals surface area contributed by atoms with E-state index in [4.69, 9.17) is 10.5 Å². The lowest BCUT2D eigenvalue weighted by molar-refractivity contribution is -0.131. The van der Waals surface area contributed by atoms with Crippen molar-refractivity contribution in [1.29, 1.82) is 0 Å². The average Bonchev–Trinajstić information content (AvgIpc) is 3.06. The molecule has 0 aromatic heterocycles. The highest BCUT2D eigenvalue weighted by atomic mass is 35.5. The molecule has 0 saturated carbocycles. The number of hydrogen-bond acceptors (Lipinski definition) is 3. The Labute approximate surface area is 151 Å². The number of nitrogens with zero attached hydrogens (tertiary/aromatic N) is 1. The van der Waals surface area contributed by atoms with Crippen LogP contribution >= 0.6 is 12.4 Å². The number of ether oxygens (including phenoxy) is 1. The predicted octanol–water partition coefficient (Wildman–Crippen LogP) is 2.96. The summed E-state index contributed by atoms with van der Waals surface area (Å²) in [6, 6.07) is 10.5. The van der Waals surface area contributed by atoms with Crippen LogP contribution in [0.25, 0.3) is 0 Å². The second-order valence-corrected chi connectivity index (χ2v) is 6.84. The highest BCUT2D eigenvalue weighted by Crippen LogP contribution is 2.32. The van der Waals surface area contributed by atoms with Crippen molar-refractivity contribution in [2.75, 3.05) is 26.2 Å². The molecule has 1 aromatic rings. The summed E-state index contributed by atoms with van der Waals surface area (Å²) in [5.74, 6) is 0.999. The first-order chi connectivity index (χ1) is 11.3. The third-order valence-corrected chi connectivity index (χ3v) is 5.28. The molecule has 2 aliphatic rings. The molecule has 1 unspecified atom stereocenters. The van der Waals surface area contributed by atoms with E-state index in [1.165, 1.54) is 12.0 Å². The molecular formula is C19H29ClN2O2. The Kier molecular flexibility index (Phi) is 7.53. The van der Waals surface area contributed by atoms with Crippen LogP contribution in [0.2, 0.25) is 0 Å². The molecule has 2 aliphatic heterocycles. The normalized spacial score (nSPS) is 26.9. The van der Waals surface area contributed by atoms with Crippen molar-refractivity contribution in [2.24, 2.45) is 11.7 Å². The fourth-order valence-corrected chi connectivity index (χ4v) is 3.87. The van der Waals surface area contributed by atoms with Gasteiger partial charge in [-0.25, -0.2) is 0 Å². The Morgan fingerprint density at radius 1 is 1.21 bits per heavy atom. The van der Waals surface area contributed by atoms with Gasteiger partial charge in [0.2, 0.25) is 5.91 Å². The van der Waals surface area contributed by atoms with E-state index in [1.54, 1.807) is 0 Å². The maximum atomic E-state index is 12.6.